The van der Waals surface area contributed by atoms with Gasteiger partial charge < -0.3 is 15.5 Å². The van der Waals surface area contributed by atoms with Crippen LogP contribution in [-0.4, -0.2) is 24.2 Å². The van der Waals surface area contributed by atoms with Gasteiger partial charge in [-0.05, 0) is 26.0 Å². The summed E-state index contributed by atoms with van der Waals surface area (Å²) in [6.07, 6.45) is -0.109. The predicted molar refractivity (Wildman–Crippen MR) is 73.2 cm³/mol. The van der Waals surface area contributed by atoms with Crippen LogP contribution in [0.4, 0.5) is 5.69 Å². The summed E-state index contributed by atoms with van der Waals surface area (Å²) >= 11 is 0. The smallest absolute Gasteiger partial charge is 0.306 e. The highest BCUT2D eigenvalue weighted by Gasteiger charge is 2.24. The monoisotopic (exact) mass is 262 g/mol. The molecule has 1 rings (SSSR count). The Morgan fingerprint density at radius 3 is 2.47 bits per heavy atom. The SMILES string of the molecule is CCOC(=O)CC(C(C)=N)C(=O)Nc1ccccc1. The van der Waals surface area contributed by atoms with Gasteiger partial charge in [0.25, 0.3) is 0 Å². The summed E-state index contributed by atoms with van der Waals surface area (Å²) in [5.41, 5.74) is 0.782. The van der Waals surface area contributed by atoms with E-state index in [1.807, 2.05) is 6.07 Å². The summed E-state index contributed by atoms with van der Waals surface area (Å²) in [5, 5.41) is 10.3. The third-order valence-electron chi connectivity index (χ3n) is 2.56. The van der Waals surface area contributed by atoms with E-state index in [1.165, 1.54) is 6.92 Å². The highest BCUT2D eigenvalue weighted by molar-refractivity contribution is 6.09. The van der Waals surface area contributed by atoms with Gasteiger partial charge >= 0.3 is 5.97 Å². The van der Waals surface area contributed by atoms with E-state index < -0.39 is 11.9 Å². The van der Waals surface area contributed by atoms with Crippen molar-refractivity contribution in [2.45, 2.75) is 20.3 Å². The summed E-state index contributed by atoms with van der Waals surface area (Å²) in [7, 11) is 0. The highest BCUT2D eigenvalue weighted by Crippen LogP contribution is 2.12. The topological polar surface area (TPSA) is 79.2 Å². The van der Waals surface area contributed by atoms with Crippen LogP contribution >= 0.6 is 0 Å². The molecule has 1 unspecified atom stereocenters. The van der Waals surface area contributed by atoms with Crippen molar-refractivity contribution < 1.29 is 14.3 Å². The Kier molecular flexibility index (Phi) is 5.73. The standard InChI is InChI=1S/C14H18N2O3/c1-3-19-13(17)9-12(10(2)15)14(18)16-11-7-5-4-6-8-11/h4-8,12,15H,3,9H2,1-2H3,(H,16,18). The van der Waals surface area contributed by atoms with Crippen LogP contribution in [0.15, 0.2) is 30.3 Å². The number of amides is 1. The molecule has 0 aliphatic heterocycles. The van der Waals surface area contributed by atoms with E-state index in [4.69, 9.17) is 10.1 Å². The maximum Gasteiger partial charge on any atom is 0.306 e. The molecule has 0 aliphatic carbocycles. The lowest BCUT2D eigenvalue weighted by Gasteiger charge is -2.15. The number of para-hydroxylation sites is 1. The molecule has 0 fully saturated rings. The minimum atomic E-state index is -0.792. The molecule has 2 N–H and O–H groups in total. The second-order valence-electron chi connectivity index (χ2n) is 4.10. The maximum absolute atomic E-state index is 12.0. The molecule has 0 saturated carbocycles. The van der Waals surface area contributed by atoms with Gasteiger partial charge in [0.05, 0.1) is 18.9 Å². The molecule has 102 valence electrons. The van der Waals surface area contributed by atoms with Crippen molar-refractivity contribution in [3.05, 3.63) is 30.3 Å². The zero-order valence-corrected chi connectivity index (χ0v) is 11.1. The van der Waals surface area contributed by atoms with Crippen molar-refractivity contribution in [2.75, 3.05) is 11.9 Å². The Labute approximate surface area is 112 Å². The summed E-state index contributed by atoms with van der Waals surface area (Å²) < 4.78 is 4.81. The van der Waals surface area contributed by atoms with Gasteiger partial charge in [-0.25, -0.2) is 0 Å². The number of carbonyl (C=O) groups excluding carboxylic acids is 2. The Morgan fingerprint density at radius 1 is 1.32 bits per heavy atom. The van der Waals surface area contributed by atoms with E-state index in [9.17, 15) is 9.59 Å². The number of ether oxygens (including phenoxy) is 1. The number of benzene rings is 1. The fourth-order valence-corrected chi connectivity index (χ4v) is 1.58. The molecule has 1 atom stereocenters. The molecule has 1 aromatic carbocycles. The van der Waals surface area contributed by atoms with E-state index in [2.05, 4.69) is 5.32 Å². The average molecular weight is 262 g/mol. The van der Waals surface area contributed by atoms with Gasteiger partial charge in [-0.15, -0.1) is 0 Å². The second kappa shape index (κ2) is 7.31. The fraction of sp³-hybridized carbons (Fsp3) is 0.357. The van der Waals surface area contributed by atoms with Crippen LogP contribution in [0.3, 0.4) is 0 Å². The molecule has 19 heavy (non-hydrogen) atoms. The van der Waals surface area contributed by atoms with Crippen LogP contribution in [0.25, 0.3) is 0 Å². The van der Waals surface area contributed by atoms with Gasteiger partial charge in [0.1, 0.15) is 0 Å². The van der Waals surface area contributed by atoms with Crippen LogP contribution < -0.4 is 5.32 Å². The summed E-state index contributed by atoms with van der Waals surface area (Å²) in [4.78, 5) is 23.5. The first-order valence-corrected chi connectivity index (χ1v) is 6.11. The molecule has 0 radical (unpaired) electrons. The molecule has 5 nitrogen and oxygen atoms in total. The molecule has 0 aromatic heterocycles. The molecule has 5 heteroatoms. The largest absolute Gasteiger partial charge is 0.466 e. The van der Waals surface area contributed by atoms with Gasteiger partial charge in [-0.1, -0.05) is 18.2 Å². The van der Waals surface area contributed by atoms with Crippen molar-refractivity contribution in [3.8, 4) is 0 Å². The lowest BCUT2D eigenvalue weighted by atomic mass is 9.99. The highest BCUT2D eigenvalue weighted by atomic mass is 16.5. The number of carbonyl (C=O) groups is 2. The minimum Gasteiger partial charge on any atom is -0.466 e. The molecule has 0 heterocycles. The maximum atomic E-state index is 12.0. The number of hydrogen-bond acceptors (Lipinski definition) is 4. The zero-order chi connectivity index (χ0) is 14.3. The first-order valence-electron chi connectivity index (χ1n) is 6.11. The van der Waals surface area contributed by atoms with Gasteiger partial charge in [0.2, 0.25) is 5.91 Å². The molecular weight excluding hydrogens is 244 g/mol. The Morgan fingerprint density at radius 2 is 1.95 bits per heavy atom. The summed E-state index contributed by atoms with van der Waals surface area (Å²) in [6.45, 7) is 3.48. The average Bonchev–Trinajstić information content (AvgIpc) is 2.37. The van der Waals surface area contributed by atoms with Crippen LogP contribution in [0, 0.1) is 11.3 Å². The number of nitrogens with one attached hydrogen (secondary N) is 2. The second-order valence-corrected chi connectivity index (χ2v) is 4.10. The van der Waals surface area contributed by atoms with Gasteiger partial charge in [-0.3, -0.25) is 9.59 Å². The van der Waals surface area contributed by atoms with Crippen LogP contribution in [-0.2, 0) is 14.3 Å². The van der Waals surface area contributed by atoms with Crippen molar-refractivity contribution in [1.29, 1.82) is 5.41 Å². The Balaban J connectivity index is 2.68. The van der Waals surface area contributed by atoms with E-state index in [1.54, 1.807) is 31.2 Å². The third kappa shape index (κ3) is 4.91. The zero-order valence-electron chi connectivity index (χ0n) is 11.1. The first-order chi connectivity index (χ1) is 9.04. The number of hydrogen-bond donors (Lipinski definition) is 2. The summed E-state index contributed by atoms with van der Waals surface area (Å²) in [5.74, 6) is -1.63. The number of anilines is 1. The third-order valence-corrected chi connectivity index (χ3v) is 2.56. The normalized spacial score (nSPS) is 11.5. The molecule has 1 amide bonds. The quantitative estimate of drug-likeness (QED) is 0.609. The van der Waals surface area contributed by atoms with Crippen molar-refractivity contribution in [1.82, 2.24) is 0 Å². The van der Waals surface area contributed by atoms with Gasteiger partial charge in [0, 0.05) is 11.4 Å². The minimum absolute atomic E-state index is 0.109. The molecule has 0 aliphatic rings. The Bertz CT molecular complexity index is 457. The Hall–Kier alpha value is -2.17. The van der Waals surface area contributed by atoms with E-state index in [0.717, 1.165) is 0 Å². The molecule has 0 bridgehead atoms. The summed E-state index contributed by atoms with van der Waals surface area (Å²) in [6, 6.07) is 8.94. The van der Waals surface area contributed by atoms with Crippen LogP contribution in [0.5, 0.6) is 0 Å². The first kappa shape index (κ1) is 14.9. The van der Waals surface area contributed by atoms with E-state index >= 15 is 0 Å². The molecular formula is C14H18N2O3. The van der Waals surface area contributed by atoms with E-state index in [0.29, 0.717) is 5.69 Å². The molecule has 0 saturated heterocycles. The van der Waals surface area contributed by atoms with Crippen LogP contribution in [0.1, 0.15) is 20.3 Å². The van der Waals surface area contributed by atoms with Crippen molar-refractivity contribution >= 4 is 23.3 Å². The van der Waals surface area contributed by atoms with Crippen LogP contribution in [0.2, 0.25) is 0 Å². The number of esters is 1. The number of rotatable bonds is 6. The van der Waals surface area contributed by atoms with Crippen molar-refractivity contribution in [2.24, 2.45) is 5.92 Å². The molecule has 1 aromatic rings. The predicted octanol–water partition coefficient (Wildman–Crippen LogP) is 2.23. The lowest BCUT2D eigenvalue weighted by molar-refractivity contribution is -0.145. The van der Waals surface area contributed by atoms with E-state index in [-0.39, 0.29) is 24.6 Å². The van der Waals surface area contributed by atoms with Gasteiger partial charge in [-0.2, -0.15) is 0 Å². The van der Waals surface area contributed by atoms with Crippen molar-refractivity contribution in [3.63, 3.8) is 0 Å². The fourth-order valence-electron chi connectivity index (χ4n) is 1.58. The van der Waals surface area contributed by atoms with Gasteiger partial charge in [0.15, 0.2) is 0 Å². The lowest BCUT2D eigenvalue weighted by Crippen LogP contribution is -2.30. The molecule has 0 spiro atoms.